The van der Waals surface area contributed by atoms with E-state index in [9.17, 15) is 13.2 Å². The summed E-state index contributed by atoms with van der Waals surface area (Å²) >= 11 is 0. The van der Waals surface area contributed by atoms with E-state index in [1.165, 1.54) is 6.92 Å². The fourth-order valence-electron chi connectivity index (χ4n) is 2.75. The van der Waals surface area contributed by atoms with E-state index in [2.05, 4.69) is 0 Å². The van der Waals surface area contributed by atoms with Gasteiger partial charge >= 0.3 is 10.1 Å². The molecule has 2 rings (SSSR count). The topological polar surface area (TPSA) is 72.9 Å². The zero-order valence-corrected chi connectivity index (χ0v) is 15.9. The summed E-state index contributed by atoms with van der Waals surface area (Å²) in [6, 6.07) is 6.87. The molecular weight excluding hydrogens is 342 g/mol. The number of ether oxygens (including phenoxy) is 1. The van der Waals surface area contributed by atoms with E-state index >= 15 is 0 Å². The number of rotatable bonds is 8. The number of benzene rings is 1. The van der Waals surface area contributed by atoms with Crippen LogP contribution in [0.5, 0.6) is 5.75 Å². The van der Waals surface area contributed by atoms with Crippen molar-refractivity contribution < 1.29 is 22.1 Å². The molecule has 140 valence electrons. The van der Waals surface area contributed by atoms with Crippen LogP contribution in [0.3, 0.4) is 0 Å². The van der Waals surface area contributed by atoms with Gasteiger partial charge in [0.1, 0.15) is 5.75 Å². The molecule has 7 heteroatoms. The number of hydrogen-bond donors (Lipinski definition) is 0. The molecule has 25 heavy (non-hydrogen) atoms. The van der Waals surface area contributed by atoms with Crippen molar-refractivity contribution >= 4 is 16.0 Å². The number of carbonyl (C=O) groups excluding carboxylic acids is 1. The van der Waals surface area contributed by atoms with E-state index in [4.69, 9.17) is 8.92 Å². The van der Waals surface area contributed by atoms with Crippen LogP contribution in [-0.2, 0) is 26.2 Å². The van der Waals surface area contributed by atoms with E-state index in [1.54, 1.807) is 23.1 Å². The highest BCUT2D eigenvalue weighted by atomic mass is 32.2. The second-order valence-electron chi connectivity index (χ2n) is 6.59. The van der Waals surface area contributed by atoms with Gasteiger partial charge in [-0.15, -0.1) is 0 Å². The van der Waals surface area contributed by atoms with Crippen LogP contribution in [0.4, 0.5) is 0 Å². The molecule has 0 aliphatic carbocycles. The first-order chi connectivity index (χ1) is 11.8. The molecule has 0 N–H and O–H groups in total. The van der Waals surface area contributed by atoms with Crippen molar-refractivity contribution in [2.45, 2.75) is 46.3 Å². The average molecular weight is 369 g/mol. The summed E-state index contributed by atoms with van der Waals surface area (Å²) in [5.41, 5.74) is 0.829. The molecule has 0 aromatic heterocycles. The van der Waals surface area contributed by atoms with Gasteiger partial charge in [-0.3, -0.25) is 4.79 Å². The largest absolute Gasteiger partial charge is 0.382 e. The van der Waals surface area contributed by atoms with E-state index < -0.39 is 10.1 Å². The lowest BCUT2D eigenvalue weighted by molar-refractivity contribution is -0.136. The van der Waals surface area contributed by atoms with Gasteiger partial charge in [0.15, 0.2) is 0 Å². The molecule has 1 heterocycles. The Morgan fingerprint density at radius 1 is 1.40 bits per heavy atom. The summed E-state index contributed by atoms with van der Waals surface area (Å²) in [6.07, 6.45) is 2.05. The molecule has 6 nitrogen and oxygen atoms in total. The monoisotopic (exact) mass is 369 g/mol. The summed E-state index contributed by atoms with van der Waals surface area (Å²) in [5.74, 6) is 0.131. The van der Waals surface area contributed by atoms with Crippen LogP contribution in [0, 0.1) is 5.92 Å². The maximum Gasteiger partial charge on any atom is 0.308 e. The van der Waals surface area contributed by atoms with Crippen LogP contribution < -0.4 is 4.18 Å². The molecule has 1 aliphatic rings. The van der Waals surface area contributed by atoms with Gasteiger partial charge in [0.05, 0.1) is 11.9 Å². The Bertz CT molecular complexity index is 680. The standard InChI is InChI=1S/C18H27NO5S/c1-4-25(21,22)24-16-8-5-7-15(11-16)12-19(18(20)14(2)3)13-17-9-6-10-23-17/h5,7-8,11,14,17H,4,6,9-10,12-13H2,1-3H3/t17-/m0/s1. The molecule has 0 radical (unpaired) electrons. The van der Waals surface area contributed by atoms with E-state index in [-0.39, 0.29) is 29.4 Å². The summed E-state index contributed by atoms with van der Waals surface area (Å²) in [7, 11) is -3.57. The normalized spacial score (nSPS) is 17.7. The SMILES string of the molecule is CCS(=O)(=O)Oc1cccc(CN(C[C@@H]2CCCO2)C(=O)C(C)C)c1. The van der Waals surface area contributed by atoms with Crippen LogP contribution in [0.25, 0.3) is 0 Å². The fourth-order valence-corrected chi connectivity index (χ4v) is 3.27. The molecule has 0 bridgehead atoms. The van der Waals surface area contributed by atoms with Crippen LogP contribution in [-0.4, -0.2) is 44.2 Å². The average Bonchev–Trinajstić information content (AvgIpc) is 3.06. The molecule has 1 saturated heterocycles. The molecule has 0 unspecified atom stereocenters. The molecule has 0 spiro atoms. The number of amides is 1. The minimum Gasteiger partial charge on any atom is -0.382 e. The number of hydrogen-bond acceptors (Lipinski definition) is 5. The Labute approximate surface area is 150 Å². The molecule has 1 amide bonds. The molecule has 1 atom stereocenters. The van der Waals surface area contributed by atoms with Crippen molar-refractivity contribution in [2.75, 3.05) is 18.9 Å². The third-order valence-electron chi connectivity index (χ3n) is 4.10. The third-order valence-corrected chi connectivity index (χ3v) is 5.26. The van der Waals surface area contributed by atoms with Crippen molar-refractivity contribution in [3.05, 3.63) is 29.8 Å². The Morgan fingerprint density at radius 3 is 2.76 bits per heavy atom. The summed E-state index contributed by atoms with van der Waals surface area (Å²) in [4.78, 5) is 14.3. The van der Waals surface area contributed by atoms with Gasteiger partial charge in [0.25, 0.3) is 0 Å². The highest BCUT2D eigenvalue weighted by molar-refractivity contribution is 7.87. The Morgan fingerprint density at radius 2 is 2.16 bits per heavy atom. The van der Waals surface area contributed by atoms with E-state index in [1.807, 2.05) is 19.9 Å². The predicted octanol–water partition coefficient (Wildman–Crippen LogP) is 2.58. The summed E-state index contributed by atoms with van der Waals surface area (Å²) in [5, 5.41) is 0. The van der Waals surface area contributed by atoms with E-state index in [0.717, 1.165) is 25.0 Å². The van der Waals surface area contributed by atoms with Crippen molar-refractivity contribution in [1.29, 1.82) is 0 Å². The molecule has 1 aliphatic heterocycles. The maximum absolute atomic E-state index is 12.5. The van der Waals surface area contributed by atoms with Crippen molar-refractivity contribution in [3.8, 4) is 5.75 Å². The fraction of sp³-hybridized carbons (Fsp3) is 0.611. The first-order valence-electron chi connectivity index (χ1n) is 8.72. The van der Waals surface area contributed by atoms with Gasteiger partial charge in [-0.2, -0.15) is 8.42 Å². The predicted molar refractivity (Wildman–Crippen MR) is 95.8 cm³/mol. The zero-order valence-electron chi connectivity index (χ0n) is 15.1. The molecular formula is C18H27NO5S. The Hall–Kier alpha value is -1.60. The van der Waals surface area contributed by atoms with Crippen LogP contribution in [0.1, 0.15) is 39.2 Å². The smallest absolute Gasteiger partial charge is 0.308 e. The van der Waals surface area contributed by atoms with Crippen LogP contribution >= 0.6 is 0 Å². The highest BCUT2D eigenvalue weighted by Crippen LogP contribution is 2.20. The number of nitrogens with zero attached hydrogens (tertiary/aromatic N) is 1. The quantitative estimate of drug-likeness (QED) is 0.659. The molecule has 1 aromatic carbocycles. The van der Waals surface area contributed by atoms with Crippen LogP contribution in [0.15, 0.2) is 24.3 Å². The van der Waals surface area contributed by atoms with Gasteiger partial charge in [0.2, 0.25) is 5.91 Å². The second-order valence-corrected chi connectivity index (χ2v) is 8.44. The zero-order chi connectivity index (χ0) is 18.4. The molecule has 1 fully saturated rings. The minimum atomic E-state index is -3.57. The first kappa shape index (κ1) is 19.7. The van der Waals surface area contributed by atoms with Gasteiger partial charge in [-0.1, -0.05) is 26.0 Å². The van der Waals surface area contributed by atoms with Gasteiger partial charge in [-0.05, 0) is 37.5 Å². The maximum atomic E-state index is 12.5. The second kappa shape index (κ2) is 8.67. The van der Waals surface area contributed by atoms with E-state index in [0.29, 0.717) is 13.1 Å². The lowest BCUT2D eigenvalue weighted by Gasteiger charge is -2.27. The van der Waals surface area contributed by atoms with Gasteiger partial charge < -0.3 is 13.8 Å². The third kappa shape index (κ3) is 6.01. The van der Waals surface area contributed by atoms with Crippen LogP contribution in [0.2, 0.25) is 0 Å². The molecule has 1 aromatic rings. The lowest BCUT2D eigenvalue weighted by atomic mass is 10.1. The molecule has 0 saturated carbocycles. The summed E-state index contributed by atoms with van der Waals surface area (Å²) < 4.78 is 34.0. The van der Waals surface area contributed by atoms with Crippen molar-refractivity contribution in [3.63, 3.8) is 0 Å². The first-order valence-corrected chi connectivity index (χ1v) is 10.3. The lowest BCUT2D eigenvalue weighted by Crippen LogP contribution is -2.39. The van der Waals surface area contributed by atoms with Gasteiger partial charge in [0, 0.05) is 25.6 Å². The number of carbonyl (C=O) groups is 1. The highest BCUT2D eigenvalue weighted by Gasteiger charge is 2.24. The summed E-state index contributed by atoms with van der Waals surface area (Å²) in [6.45, 7) is 6.97. The van der Waals surface area contributed by atoms with Gasteiger partial charge in [-0.25, -0.2) is 0 Å². The van der Waals surface area contributed by atoms with Crippen molar-refractivity contribution in [2.24, 2.45) is 5.92 Å². The van der Waals surface area contributed by atoms with Crippen molar-refractivity contribution in [1.82, 2.24) is 4.90 Å². The Balaban J connectivity index is 2.12. The Kier molecular flexibility index (Phi) is 6.84. The minimum absolute atomic E-state index is 0.0583.